The molecule has 1 aliphatic rings. The predicted octanol–water partition coefficient (Wildman–Crippen LogP) is 1.38. The third kappa shape index (κ3) is 2.55. The molecule has 0 spiro atoms. The van der Waals surface area contributed by atoms with Crippen LogP contribution in [0.15, 0.2) is 42.6 Å². The molecule has 0 fully saturated rings. The number of carbonyl (C=O) groups is 2. The van der Waals surface area contributed by atoms with E-state index in [1.54, 1.807) is 6.07 Å². The highest BCUT2D eigenvalue weighted by molar-refractivity contribution is 6.00. The average molecular weight is 283 g/mol. The maximum atomic E-state index is 12.5. The standard InChI is InChI=1S/C15H13N3O3/c19-12-6-3-7-16-14(12)15(21)18-8-10-4-1-2-5-11(10)17-13(20)9-18/h1-7,19H,8-9H2,(H,17,20). The van der Waals surface area contributed by atoms with Crippen LogP contribution in [0.4, 0.5) is 5.69 Å². The van der Waals surface area contributed by atoms with E-state index in [1.807, 2.05) is 18.2 Å². The minimum absolute atomic E-state index is 0.0512. The summed E-state index contributed by atoms with van der Waals surface area (Å²) in [5.41, 5.74) is 1.49. The van der Waals surface area contributed by atoms with Crippen LogP contribution in [0.5, 0.6) is 5.75 Å². The first-order valence-electron chi connectivity index (χ1n) is 6.46. The van der Waals surface area contributed by atoms with Gasteiger partial charge < -0.3 is 15.3 Å². The van der Waals surface area contributed by atoms with Crippen molar-refractivity contribution in [3.63, 3.8) is 0 Å². The van der Waals surface area contributed by atoms with Crippen molar-refractivity contribution in [1.29, 1.82) is 0 Å². The van der Waals surface area contributed by atoms with E-state index in [0.717, 1.165) is 5.56 Å². The molecule has 3 rings (SSSR count). The number of benzene rings is 1. The molecule has 0 saturated heterocycles. The SMILES string of the molecule is O=C1CN(C(=O)c2ncccc2O)Cc2ccccc2N1. The van der Waals surface area contributed by atoms with E-state index >= 15 is 0 Å². The van der Waals surface area contributed by atoms with E-state index in [1.165, 1.54) is 23.2 Å². The van der Waals surface area contributed by atoms with Gasteiger partial charge in [0.15, 0.2) is 5.69 Å². The molecule has 1 aromatic heterocycles. The third-order valence-electron chi connectivity index (χ3n) is 3.26. The van der Waals surface area contributed by atoms with Gasteiger partial charge >= 0.3 is 0 Å². The average Bonchev–Trinajstić information content (AvgIpc) is 2.65. The summed E-state index contributed by atoms with van der Waals surface area (Å²) in [5, 5.41) is 12.5. The molecule has 2 amide bonds. The molecule has 0 unspecified atom stereocenters. The van der Waals surface area contributed by atoms with Crippen molar-refractivity contribution in [3.8, 4) is 5.75 Å². The van der Waals surface area contributed by atoms with Gasteiger partial charge in [-0.2, -0.15) is 0 Å². The zero-order valence-corrected chi connectivity index (χ0v) is 11.1. The molecule has 6 heteroatoms. The number of rotatable bonds is 1. The molecule has 21 heavy (non-hydrogen) atoms. The largest absolute Gasteiger partial charge is 0.505 e. The zero-order chi connectivity index (χ0) is 14.8. The number of anilines is 1. The number of amides is 2. The molecule has 1 aliphatic heterocycles. The van der Waals surface area contributed by atoms with Gasteiger partial charge in [-0.3, -0.25) is 9.59 Å². The number of aromatic nitrogens is 1. The molecule has 6 nitrogen and oxygen atoms in total. The molecular formula is C15H13N3O3. The van der Waals surface area contributed by atoms with Crippen LogP contribution >= 0.6 is 0 Å². The lowest BCUT2D eigenvalue weighted by Crippen LogP contribution is -2.35. The Kier molecular flexibility index (Phi) is 3.27. The van der Waals surface area contributed by atoms with Crippen LogP contribution in [0, 0.1) is 0 Å². The summed E-state index contributed by atoms with van der Waals surface area (Å²) in [6, 6.07) is 10.2. The smallest absolute Gasteiger partial charge is 0.277 e. The van der Waals surface area contributed by atoms with E-state index in [2.05, 4.69) is 10.3 Å². The van der Waals surface area contributed by atoms with Gasteiger partial charge in [0.05, 0.1) is 0 Å². The number of pyridine rings is 1. The molecule has 2 N–H and O–H groups in total. The van der Waals surface area contributed by atoms with Crippen LogP contribution in [0.25, 0.3) is 0 Å². The van der Waals surface area contributed by atoms with Crippen molar-refractivity contribution < 1.29 is 14.7 Å². The van der Waals surface area contributed by atoms with E-state index in [9.17, 15) is 14.7 Å². The number of nitrogens with zero attached hydrogens (tertiary/aromatic N) is 2. The monoisotopic (exact) mass is 283 g/mol. The number of hydrogen-bond donors (Lipinski definition) is 2. The molecule has 2 heterocycles. The number of para-hydroxylation sites is 1. The third-order valence-corrected chi connectivity index (χ3v) is 3.26. The molecule has 0 saturated carbocycles. The van der Waals surface area contributed by atoms with Gasteiger partial charge in [-0.05, 0) is 23.8 Å². The van der Waals surface area contributed by atoms with Crippen LogP contribution in [-0.2, 0) is 11.3 Å². The molecule has 1 aromatic carbocycles. The van der Waals surface area contributed by atoms with Crippen LogP contribution < -0.4 is 5.32 Å². The molecule has 0 atom stereocenters. The van der Waals surface area contributed by atoms with Crippen molar-refractivity contribution in [2.24, 2.45) is 0 Å². The predicted molar refractivity (Wildman–Crippen MR) is 75.7 cm³/mol. The normalized spacial score (nSPS) is 14.1. The highest BCUT2D eigenvalue weighted by Crippen LogP contribution is 2.23. The second kappa shape index (κ2) is 5.24. The van der Waals surface area contributed by atoms with Crippen LogP contribution in [0.1, 0.15) is 16.1 Å². The number of nitrogens with one attached hydrogen (secondary N) is 1. The summed E-state index contributed by atoms with van der Waals surface area (Å²) < 4.78 is 0. The minimum atomic E-state index is -0.472. The van der Waals surface area contributed by atoms with Crippen molar-refractivity contribution in [2.75, 3.05) is 11.9 Å². The van der Waals surface area contributed by atoms with Gasteiger partial charge in [-0.1, -0.05) is 18.2 Å². The minimum Gasteiger partial charge on any atom is -0.505 e. The Bertz CT molecular complexity index is 715. The van der Waals surface area contributed by atoms with Gasteiger partial charge in [0.25, 0.3) is 5.91 Å². The van der Waals surface area contributed by atoms with E-state index in [0.29, 0.717) is 5.69 Å². The first-order valence-corrected chi connectivity index (χ1v) is 6.46. The summed E-state index contributed by atoms with van der Waals surface area (Å²) in [4.78, 5) is 29.6. The Morgan fingerprint density at radius 3 is 2.81 bits per heavy atom. The molecule has 2 aromatic rings. The van der Waals surface area contributed by atoms with Gasteiger partial charge in [-0.25, -0.2) is 4.98 Å². The van der Waals surface area contributed by atoms with Gasteiger partial charge in [0.2, 0.25) is 5.91 Å². The first kappa shape index (κ1) is 13.1. The Hall–Kier alpha value is -2.89. The summed E-state index contributed by atoms with van der Waals surface area (Å²) in [5.74, 6) is -0.941. The van der Waals surface area contributed by atoms with Gasteiger partial charge in [0, 0.05) is 18.4 Å². The van der Waals surface area contributed by atoms with E-state index in [4.69, 9.17) is 0 Å². The molecule has 0 bridgehead atoms. The van der Waals surface area contributed by atoms with E-state index < -0.39 is 5.91 Å². The second-order valence-electron chi connectivity index (χ2n) is 4.74. The van der Waals surface area contributed by atoms with Crippen LogP contribution in [-0.4, -0.2) is 33.3 Å². The molecule has 0 aliphatic carbocycles. The van der Waals surface area contributed by atoms with Crippen LogP contribution in [0.2, 0.25) is 0 Å². The highest BCUT2D eigenvalue weighted by Gasteiger charge is 2.26. The summed E-state index contributed by atoms with van der Waals surface area (Å²) >= 11 is 0. The molecule has 106 valence electrons. The van der Waals surface area contributed by atoms with Gasteiger partial charge in [0.1, 0.15) is 12.3 Å². The van der Waals surface area contributed by atoms with Crippen molar-refractivity contribution >= 4 is 17.5 Å². The Morgan fingerprint density at radius 1 is 1.19 bits per heavy atom. The Labute approximate surface area is 121 Å². The first-order chi connectivity index (χ1) is 10.1. The lowest BCUT2D eigenvalue weighted by atomic mass is 10.1. The Balaban J connectivity index is 1.94. The maximum absolute atomic E-state index is 12.5. The van der Waals surface area contributed by atoms with Crippen molar-refractivity contribution in [2.45, 2.75) is 6.54 Å². The van der Waals surface area contributed by atoms with Crippen LogP contribution in [0.3, 0.4) is 0 Å². The van der Waals surface area contributed by atoms with E-state index in [-0.39, 0.29) is 30.4 Å². The quantitative estimate of drug-likeness (QED) is 0.828. The fourth-order valence-electron chi connectivity index (χ4n) is 2.26. The fourth-order valence-corrected chi connectivity index (χ4v) is 2.26. The lowest BCUT2D eigenvalue weighted by molar-refractivity contribution is -0.116. The topological polar surface area (TPSA) is 82.5 Å². The number of fused-ring (bicyclic) bond motifs is 1. The lowest BCUT2D eigenvalue weighted by Gasteiger charge is -2.19. The second-order valence-corrected chi connectivity index (χ2v) is 4.74. The fraction of sp³-hybridized carbons (Fsp3) is 0.133. The Morgan fingerprint density at radius 2 is 2.00 bits per heavy atom. The summed E-state index contributed by atoms with van der Waals surface area (Å²) in [7, 11) is 0. The maximum Gasteiger partial charge on any atom is 0.277 e. The number of aromatic hydroxyl groups is 1. The summed E-state index contributed by atoms with van der Waals surface area (Å²) in [6.45, 7) is 0.202. The number of carbonyl (C=O) groups excluding carboxylic acids is 2. The molecular weight excluding hydrogens is 270 g/mol. The highest BCUT2D eigenvalue weighted by atomic mass is 16.3. The number of hydrogen-bond acceptors (Lipinski definition) is 4. The van der Waals surface area contributed by atoms with Crippen molar-refractivity contribution in [1.82, 2.24) is 9.88 Å². The van der Waals surface area contributed by atoms with Gasteiger partial charge in [-0.15, -0.1) is 0 Å². The molecule has 0 radical (unpaired) electrons. The van der Waals surface area contributed by atoms with Crippen molar-refractivity contribution in [3.05, 3.63) is 53.9 Å². The zero-order valence-electron chi connectivity index (χ0n) is 11.1. The summed E-state index contributed by atoms with van der Waals surface area (Å²) in [6.07, 6.45) is 1.43.